The molecule has 3 aromatic rings. The van der Waals surface area contributed by atoms with Crippen LogP contribution in [0.3, 0.4) is 0 Å². The fourth-order valence-corrected chi connectivity index (χ4v) is 6.79. The molecular weight excluding hydrogens is 753 g/mol. The number of hydrogen-bond donors (Lipinski definition) is 1. The van der Waals surface area contributed by atoms with Gasteiger partial charge in [0.2, 0.25) is 5.43 Å². The molecule has 232 valence electrons. The fraction of sp³-hybridized carbons (Fsp3) is 0.412. The van der Waals surface area contributed by atoms with E-state index in [1.807, 2.05) is 32.0 Å². The van der Waals surface area contributed by atoms with Gasteiger partial charge in [-0.05, 0) is 29.2 Å². The molecule has 1 aliphatic carbocycles. The van der Waals surface area contributed by atoms with E-state index in [1.54, 1.807) is 27.5 Å². The summed E-state index contributed by atoms with van der Waals surface area (Å²) in [6.45, 7) is 12.8. The third kappa shape index (κ3) is 8.49. The van der Waals surface area contributed by atoms with E-state index >= 15 is 0 Å². The number of carbonyl (C=O) groups is 1. The van der Waals surface area contributed by atoms with Crippen molar-refractivity contribution in [2.24, 2.45) is 5.41 Å². The van der Waals surface area contributed by atoms with Gasteiger partial charge in [-0.25, -0.2) is 0 Å². The number of hydrogen-bond acceptors (Lipinski definition) is 5. The molecule has 0 unspecified atom stereocenters. The van der Waals surface area contributed by atoms with Crippen LogP contribution in [0.4, 0.5) is 0 Å². The van der Waals surface area contributed by atoms with Crippen molar-refractivity contribution in [1.82, 2.24) is 9.58 Å². The number of pyridine rings is 1. The summed E-state index contributed by atoms with van der Waals surface area (Å²) in [5, 5.41) is 12.9. The van der Waals surface area contributed by atoms with Crippen LogP contribution in [0.2, 0.25) is 0 Å². The molecule has 1 aromatic heterocycles. The van der Waals surface area contributed by atoms with Crippen molar-refractivity contribution in [1.29, 1.82) is 0 Å². The number of carbonyl (C=O) groups excluding carboxylic acids is 1. The molecule has 1 saturated carbocycles. The molecule has 3 aliphatic rings. The van der Waals surface area contributed by atoms with E-state index in [9.17, 15) is 14.7 Å². The smallest absolute Gasteiger partial charge is 0.502 e. The molecule has 0 saturated heterocycles. The zero-order valence-corrected chi connectivity index (χ0v) is 29.7. The maximum atomic E-state index is 13.7. The van der Waals surface area contributed by atoms with Gasteiger partial charge in [0.05, 0.1) is 6.04 Å². The molecule has 0 radical (unpaired) electrons. The first-order valence-corrected chi connectivity index (χ1v) is 13.9. The number of rotatable bonds is 2. The quantitative estimate of drug-likeness (QED) is 0.290. The molecule has 43 heavy (non-hydrogen) atoms. The summed E-state index contributed by atoms with van der Waals surface area (Å²) in [6, 6.07) is 17.8. The van der Waals surface area contributed by atoms with Crippen LogP contribution in [-0.4, -0.2) is 33.3 Å². The van der Waals surface area contributed by atoms with E-state index in [0.717, 1.165) is 29.7 Å². The first kappa shape index (κ1) is 44.3. The number of aromatic hydroxyl groups is 1. The average molecular weight is 803 g/mol. The van der Waals surface area contributed by atoms with E-state index in [1.165, 1.54) is 16.5 Å². The maximum Gasteiger partial charge on any atom is 1.00 e. The topological polar surface area (TPSA) is 65.8 Å². The monoisotopic (exact) mass is 802 g/mol. The molecule has 1 fully saturated rings. The molecular formula is C34H49KN3O3SW-. The fourth-order valence-electron chi connectivity index (χ4n) is 5.70. The first-order valence-electron chi connectivity index (χ1n) is 12.9. The predicted octanol–water partition coefficient (Wildman–Crippen LogP) is 5.08. The van der Waals surface area contributed by atoms with Crippen LogP contribution in [0, 0.1) is 19.3 Å². The van der Waals surface area contributed by atoms with Gasteiger partial charge in [0.1, 0.15) is 6.67 Å². The van der Waals surface area contributed by atoms with Gasteiger partial charge in [-0.2, -0.15) is 0 Å². The van der Waals surface area contributed by atoms with Crippen molar-refractivity contribution in [3.8, 4) is 5.75 Å². The first-order chi connectivity index (χ1) is 17.8. The summed E-state index contributed by atoms with van der Waals surface area (Å²) < 4.78 is 1.68. The molecule has 2 atom stereocenters. The number of fused-ring (bicyclic) bond motifs is 3. The molecule has 1 amide bonds. The van der Waals surface area contributed by atoms with Crippen LogP contribution in [0.5, 0.6) is 5.75 Å². The molecule has 6 rings (SSSR count). The Morgan fingerprint density at radius 3 is 2.16 bits per heavy atom. The normalized spacial score (nSPS) is 18.7. The van der Waals surface area contributed by atoms with Crippen LogP contribution < -0.4 is 61.8 Å². The van der Waals surface area contributed by atoms with Crippen molar-refractivity contribution < 1.29 is 82.4 Å². The van der Waals surface area contributed by atoms with Crippen molar-refractivity contribution in [2.75, 3.05) is 11.7 Å². The molecule has 3 heterocycles. The van der Waals surface area contributed by atoms with Crippen molar-refractivity contribution in [2.45, 2.75) is 85.5 Å². The molecule has 0 spiro atoms. The van der Waals surface area contributed by atoms with E-state index in [0.29, 0.717) is 13.1 Å². The van der Waals surface area contributed by atoms with E-state index < -0.39 is 11.2 Å². The summed E-state index contributed by atoms with van der Waals surface area (Å²) >= 11 is 1.80. The minimum absolute atomic E-state index is 0. The second-order valence-corrected chi connectivity index (χ2v) is 10.9. The van der Waals surface area contributed by atoms with Gasteiger partial charge in [-0.15, -0.1) is 11.8 Å². The van der Waals surface area contributed by atoms with Gasteiger partial charge >= 0.3 is 51.4 Å². The Hall–Kier alpha value is -0.865. The average Bonchev–Trinajstić information content (AvgIpc) is 3.18. The van der Waals surface area contributed by atoms with Crippen LogP contribution in [0.15, 0.2) is 70.5 Å². The Kier molecular flexibility index (Phi) is 18.9. The van der Waals surface area contributed by atoms with Gasteiger partial charge in [-0.3, -0.25) is 24.7 Å². The third-order valence-corrected chi connectivity index (χ3v) is 8.59. The molecule has 0 bridgehead atoms. The zero-order valence-electron chi connectivity index (χ0n) is 22.8. The number of thioether (sulfide) groups is 1. The number of amides is 1. The van der Waals surface area contributed by atoms with Gasteiger partial charge < -0.3 is 23.9 Å². The van der Waals surface area contributed by atoms with E-state index in [-0.39, 0.29) is 131 Å². The minimum atomic E-state index is -0.557. The van der Waals surface area contributed by atoms with Gasteiger partial charge in [-0.1, -0.05) is 98.9 Å². The van der Waals surface area contributed by atoms with E-state index in [4.69, 9.17) is 0 Å². The van der Waals surface area contributed by atoms with Crippen molar-refractivity contribution in [3.63, 3.8) is 0 Å². The summed E-state index contributed by atoms with van der Waals surface area (Å²) in [5.74, 6) is 0.00495. The van der Waals surface area contributed by atoms with Gasteiger partial charge in [0.15, 0.2) is 11.4 Å². The van der Waals surface area contributed by atoms with Gasteiger partial charge in [0, 0.05) is 50.0 Å². The minimum Gasteiger partial charge on any atom is -0.502 e. The maximum absolute atomic E-state index is 13.7. The second kappa shape index (κ2) is 18.3. The summed E-state index contributed by atoms with van der Waals surface area (Å²) in [5.41, 5.74) is 2.63. The van der Waals surface area contributed by atoms with Crippen molar-refractivity contribution in [3.05, 3.63) is 107 Å². The Morgan fingerprint density at radius 1 is 0.930 bits per heavy atom. The Bertz CT molecular complexity index is 1350. The van der Waals surface area contributed by atoms with Crippen LogP contribution >= 0.6 is 11.8 Å². The molecule has 1 N–H and O–H groups in total. The standard InChI is InChI=1S/C28H27N3O3S.C2H6.4CH4.K.W/c1-28(2)13-11-19(15-28)29-17-31(30-14-12-22(32)26(33)25(30)27(29)34)24-20-8-4-3-7-18(20)16-35-23-10-6-5-9-21(23)24;1-2;;;;;;/h3-10,12,14,19,24,33H,1-2,11,13,15-17H2;1-2H3;4*1H4;;/q-2;;;;;;+1;/t19-,24-;;;;;;;/m0......./s1. The molecule has 6 nitrogen and oxygen atoms in total. The number of nitrogens with zero attached hydrogens (tertiary/aromatic N) is 3. The second-order valence-electron chi connectivity index (χ2n) is 9.90. The van der Waals surface area contributed by atoms with E-state index in [2.05, 4.69) is 49.2 Å². The summed E-state index contributed by atoms with van der Waals surface area (Å²) in [4.78, 5) is 29.1. The molecule has 9 heteroatoms. The zero-order chi connectivity index (χ0) is 26.3. The number of benzene rings is 2. The SMILES string of the molecule is C.C.C.C.CC.[CH2-]C1([CH2-])CC[C@H](N2CN([C@H]3c4ccccc4CSc4ccccc43)n3ccc(=O)c(O)c3C2=O)C1.[K+].[W]. The van der Waals surface area contributed by atoms with Crippen molar-refractivity contribution >= 4 is 17.7 Å². The van der Waals surface area contributed by atoms with Crippen LogP contribution in [-0.2, 0) is 26.8 Å². The Labute approximate surface area is 321 Å². The largest absolute Gasteiger partial charge is 1.00 e. The third-order valence-electron chi connectivity index (χ3n) is 7.45. The molecule has 2 aromatic carbocycles. The number of aromatic nitrogens is 1. The van der Waals surface area contributed by atoms with Gasteiger partial charge in [0.25, 0.3) is 5.91 Å². The Balaban J connectivity index is 0. The Morgan fingerprint density at radius 2 is 1.53 bits per heavy atom. The summed E-state index contributed by atoms with van der Waals surface area (Å²) in [6.07, 6.45) is 3.90. The summed E-state index contributed by atoms with van der Waals surface area (Å²) in [7, 11) is 0. The molecule has 2 aliphatic heterocycles. The van der Waals surface area contributed by atoms with Crippen LogP contribution in [0.1, 0.15) is 96.0 Å². The van der Waals surface area contributed by atoms with Crippen LogP contribution in [0.25, 0.3) is 0 Å². The predicted molar refractivity (Wildman–Crippen MR) is 175 cm³/mol.